The Morgan fingerprint density at radius 3 is 2.61 bits per heavy atom. The van der Waals surface area contributed by atoms with E-state index < -0.39 is 23.3 Å². The third kappa shape index (κ3) is 2.37. The molecule has 0 heterocycles. The van der Waals surface area contributed by atoms with Crippen molar-refractivity contribution in [1.29, 1.82) is 0 Å². The summed E-state index contributed by atoms with van der Waals surface area (Å²) in [5.41, 5.74) is 5.14. The molecule has 2 rings (SSSR count). The van der Waals surface area contributed by atoms with Gasteiger partial charge in [0.2, 0.25) is 0 Å². The van der Waals surface area contributed by atoms with Gasteiger partial charge in [0, 0.05) is 12.0 Å². The van der Waals surface area contributed by atoms with Gasteiger partial charge in [-0.1, -0.05) is 18.2 Å². The predicted molar refractivity (Wildman–Crippen MR) is 62.0 cm³/mol. The molecule has 3 N–H and O–H groups in total. The van der Waals surface area contributed by atoms with E-state index in [0.29, 0.717) is 24.8 Å². The number of aliphatic hydroxyl groups excluding tert-OH is 1. The molecule has 0 saturated heterocycles. The fraction of sp³-hybridized carbons (Fsp3) is 0.538. The molecule has 0 bridgehead atoms. The second-order valence-corrected chi connectivity index (χ2v) is 4.96. The Balaban J connectivity index is 2.38. The van der Waals surface area contributed by atoms with Crippen LogP contribution in [0, 0.1) is 0 Å². The van der Waals surface area contributed by atoms with Crippen LogP contribution in [0.4, 0.5) is 13.2 Å². The molecule has 1 fully saturated rings. The number of hydrogen-bond donors (Lipinski definition) is 2. The minimum Gasteiger partial charge on any atom is -0.393 e. The molecule has 1 aliphatic carbocycles. The molecule has 0 amide bonds. The lowest BCUT2D eigenvalue weighted by Gasteiger charge is -2.28. The Morgan fingerprint density at radius 1 is 1.39 bits per heavy atom. The molecule has 5 heteroatoms. The lowest BCUT2D eigenvalue weighted by atomic mass is 9.78. The highest BCUT2D eigenvalue weighted by molar-refractivity contribution is 5.33. The fourth-order valence-electron chi connectivity index (χ4n) is 2.69. The van der Waals surface area contributed by atoms with Gasteiger partial charge < -0.3 is 10.8 Å². The molecule has 1 saturated carbocycles. The van der Waals surface area contributed by atoms with Gasteiger partial charge in [-0.25, -0.2) is 0 Å². The number of halogens is 3. The molecule has 1 aromatic carbocycles. The van der Waals surface area contributed by atoms with Gasteiger partial charge in [0.25, 0.3) is 0 Å². The van der Waals surface area contributed by atoms with Crippen molar-refractivity contribution >= 4 is 0 Å². The van der Waals surface area contributed by atoms with Gasteiger partial charge in [-0.05, 0) is 30.9 Å². The molecule has 100 valence electrons. The van der Waals surface area contributed by atoms with Crippen LogP contribution in [0.25, 0.3) is 0 Å². The predicted octanol–water partition coefficient (Wildman–Crippen LogP) is 2.45. The van der Waals surface area contributed by atoms with Crippen molar-refractivity contribution in [3.8, 4) is 0 Å². The van der Waals surface area contributed by atoms with Gasteiger partial charge in [0.15, 0.2) is 0 Å². The second kappa shape index (κ2) is 4.55. The van der Waals surface area contributed by atoms with Crippen LogP contribution in [0.15, 0.2) is 24.3 Å². The van der Waals surface area contributed by atoms with Crippen molar-refractivity contribution in [3.63, 3.8) is 0 Å². The lowest BCUT2D eigenvalue weighted by Crippen LogP contribution is -2.33. The number of benzene rings is 1. The third-order valence-corrected chi connectivity index (χ3v) is 3.78. The lowest BCUT2D eigenvalue weighted by molar-refractivity contribution is -0.137. The first-order valence-electron chi connectivity index (χ1n) is 5.93. The zero-order chi connectivity index (χ0) is 13.4. The molecular formula is C13H16F3NO. The minimum atomic E-state index is -4.34. The van der Waals surface area contributed by atoms with Crippen LogP contribution < -0.4 is 5.73 Å². The summed E-state index contributed by atoms with van der Waals surface area (Å²) < 4.78 is 38.0. The zero-order valence-corrected chi connectivity index (χ0v) is 9.87. The van der Waals surface area contributed by atoms with E-state index in [1.165, 1.54) is 6.07 Å². The van der Waals surface area contributed by atoms with E-state index in [0.717, 1.165) is 12.1 Å². The van der Waals surface area contributed by atoms with Gasteiger partial charge in [-0.2, -0.15) is 13.2 Å². The molecule has 18 heavy (non-hydrogen) atoms. The van der Waals surface area contributed by atoms with E-state index in [1.807, 2.05) is 0 Å². The van der Waals surface area contributed by atoms with Crippen LogP contribution in [0.2, 0.25) is 0 Å². The normalized spacial score (nSPS) is 28.6. The third-order valence-electron chi connectivity index (χ3n) is 3.78. The summed E-state index contributed by atoms with van der Waals surface area (Å²) in [4.78, 5) is 0. The maximum absolute atomic E-state index is 12.7. The van der Waals surface area contributed by atoms with E-state index in [2.05, 4.69) is 0 Å². The van der Waals surface area contributed by atoms with Gasteiger partial charge >= 0.3 is 6.18 Å². The Bertz CT molecular complexity index is 432. The summed E-state index contributed by atoms with van der Waals surface area (Å²) >= 11 is 0. The van der Waals surface area contributed by atoms with Crippen molar-refractivity contribution in [3.05, 3.63) is 35.4 Å². The van der Waals surface area contributed by atoms with E-state index in [4.69, 9.17) is 5.73 Å². The molecule has 1 aliphatic rings. The number of alkyl halides is 3. The Kier molecular flexibility index (Phi) is 3.38. The van der Waals surface area contributed by atoms with Crippen molar-refractivity contribution < 1.29 is 18.3 Å². The zero-order valence-electron chi connectivity index (χ0n) is 9.87. The van der Waals surface area contributed by atoms with Crippen LogP contribution in [-0.4, -0.2) is 17.8 Å². The molecule has 2 unspecified atom stereocenters. The average Bonchev–Trinajstić information content (AvgIpc) is 2.71. The van der Waals surface area contributed by atoms with Crippen LogP contribution >= 0.6 is 0 Å². The molecule has 2 atom stereocenters. The molecule has 0 spiro atoms. The average molecular weight is 259 g/mol. The molecule has 0 aliphatic heterocycles. The van der Waals surface area contributed by atoms with Gasteiger partial charge in [-0.15, -0.1) is 0 Å². The first-order valence-corrected chi connectivity index (χ1v) is 5.93. The number of rotatable bonds is 2. The van der Waals surface area contributed by atoms with Crippen molar-refractivity contribution in [1.82, 2.24) is 0 Å². The molecule has 1 aromatic rings. The molecular weight excluding hydrogens is 243 g/mol. The molecule has 0 aromatic heterocycles. The maximum atomic E-state index is 12.7. The summed E-state index contributed by atoms with van der Waals surface area (Å²) in [6.07, 6.45) is -3.16. The summed E-state index contributed by atoms with van der Waals surface area (Å²) in [5.74, 6) is 0. The van der Waals surface area contributed by atoms with Crippen LogP contribution in [0.1, 0.15) is 30.4 Å². The smallest absolute Gasteiger partial charge is 0.393 e. The number of nitrogens with two attached hydrogens (primary N) is 1. The Hall–Kier alpha value is -1.07. The fourth-order valence-corrected chi connectivity index (χ4v) is 2.69. The largest absolute Gasteiger partial charge is 0.416 e. The van der Waals surface area contributed by atoms with E-state index >= 15 is 0 Å². The summed E-state index contributed by atoms with van der Waals surface area (Å²) in [6, 6.07) is 5.28. The quantitative estimate of drug-likeness (QED) is 0.857. The molecule has 2 nitrogen and oxygen atoms in total. The Morgan fingerprint density at radius 2 is 2.11 bits per heavy atom. The van der Waals surface area contributed by atoms with Gasteiger partial charge in [0.1, 0.15) is 0 Å². The van der Waals surface area contributed by atoms with Crippen molar-refractivity contribution in [2.45, 2.75) is 37.0 Å². The van der Waals surface area contributed by atoms with Crippen molar-refractivity contribution in [2.24, 2.45) is 5.73 Å². The summed E-state index contributed by atoms with van der Waals surface area (Å²) in [6.45, 7) is 0.255. The SMILES string of the molecule is NCC1(c2cccc(C(F)(F)F)c2)CCC(O)C1. The highest BCUT2D eigenvalue weighted by atomic mass is 19.4. The number of aliphatic hydroxyl groups is 1. The first kappa shape index (κ1) is 13.4. The van der Waals surface area contributed by atoms with E-state index in [1.54, 1.807) is 6.07 Å². The highest BCUT2D eigenvalue weighted by Crippen LogP contribution is 2.42. The maximum Gasteiger partial charge on any atom is 0.416 e. The Labute approximate surface area is 104 Å². The van der Waals surface area contributed by atoms with Crippen molar-refractivity contribution in [2.75, 3.05) is 6.54 Å². The van der Waals surface area contributed by atoms with Crippen LogP contribution in [0.3, 0.4) is 0 Å². The topological polar surface area (TPSA) is 46.2 Å². The highest BCUT2D eigenvalue weighted by Gasteiger charge is 2.40. The number of hydrogen-bond acceptors (Lipinski definition) is 2. The second-order valence-electron chi connectivity index (χ2n) is 4.96. The minimum absolute atomic E-state index is 0.255. The van der Waals surface area contributed by atoms with Crippen LogP contribution in [0.5, 0.6) is 0 Å². The van der Waals surface area contributed by atoms with Crippen LogP contribution in [-0.2, 0) is 11.6 Å². The monoisotopic (exact) mass is 259 g/mol. The van der Waals surface area contributed by atoms with E-state index in [9.17, 15) is 18.3 Å². The standard InChI is InChI=1S/C13H16F3NO/c14-13(15,16)10-3-1-2-9(6-10)12(8-17)5-4-11(18)7-12/h1-3,6,11,18H,4-5,7-8,17H2. The van der Waals surface area contributed by atoms with Gasteiger partial charge in [-0.3, -0.25) is 0 Å². The summed E-state index contributed by atoms with van der Waals surface area (Å²) in [5, 5.41) is 9.61. The summed E-state index contributed by atoms with van der Waals surface area (Å²) in [7, 11) is 0. The molecule has 0 radical (unpaired) electrons. The first-order chi connectivity index (χ1) is 8.37. The van der Waals surface area contributed by atoms with Gasteiger partial charge in [0.05, 0.1) is 11.7 Å². The van der Waals surface area contributed by atoms with E-state index in [-0.39, 0.29) is 6.54 Å².